The topological polar surface area (TPSA) is 48.5 Å². The minimum atomic E-state index is 0.177. The Morgan fingerprint density at radius 3 is 2.71 bits per heavy atom. The van der Waals surface area contributed by atoms with Crippen LogP contribution in [0, 0.1) is 5.92 Å². The average molecular weight is 353 g/mol. The molecule has 3 heterocycles. The highest BCUT2D eigenvalue weighted by atomic mass is 79.9. The molecule has 0 radical (unpaired) electrons. The van der Waals surface area contributed by atoms with Crippen LogP contribution >= 0.6 is 15.9 Å². The second-order valence-electron chi connectivity index (χ2n) is 5.69. The molecule has 6 heteroatoms. The Hall–Kier alpha value is -1.14. The van der Waals surface area contributed by atoms with Crippen molar-refractivity contribution in [2.75, 3.05) is 44.2 Å². The molecule has 2 aliphatic heterocycles. The summed E-state index contributed by atoms with van der Waals surface area (Å²) in [6.07, 6.45) is 3.96. The third kappa shape index (κ3) is 3.55. The summed E-state index contributed by atoms with van der Waals surface area (Å²) in [5.41, 5.74) is 0. The Kier molecular flexibility index (Phi) is 4.75. The average Bonchev–Trinajstić information content (AvgIpc) is 2.56. The molecule has 5 nitrogen and oxygen atoms in total. The van der Waals surface area contributed by atoms with Gasteiger partial charge in [0.05, 0.1) is 5.92 Å². The summed E-state index contributed by atoms with van der Waals surface area (Å²) >= 11 is 3.40. The number of piperazine rings is 1. The fourth-order valence-electron chi connectivity index (χ4n) is 3.03. The Morgan fingerprint density at radius 1 is 1.29 bits per heavy atom. The zero-order chi connectivity index (χ0) is 14.7. The monoisotopic (exact) mass is 352 g/mol. The Labute approximate surface area is 133 Å². The lowest BCUT2D eigenvalue weighted by atomic mass is 9.98. The van der Waals surface area contributed by atoms with Crippen LogP contribution < -0.4 is 10.2 Å². The lowest BCUT2D eigenvalue weighted by molar-refractivity contribution is -0.136. The first-order valence-corrected chi connectivity index (χ1v) is 8.39. The summed E-state index contributed by atoms with van der Waals surface area (Å²) in [6.45, 7) is 5.21. The van der Waals surface area contributed by atoms with E-state index in [1.807, 2.05) is 23.2 Å². The number of aromatic nitrogens is 1. The van der Waals surface area contributed by atoms with Crippen molar-refractivity contribution in [3.63, 3.8) is 0 Å². The van der Waals surface area contributed by atoms with Gasteiger partial charge in [-0.2, -0.15) is 0 Å². The maximum Gasteiger partial charge on any atom is 0.227 e. The van der Waals surface area contributed by atoms with Crippen molar-refractivity contribution in [3.05, 3.63) is 22.8 Å². The minimum Gasteiger partial charge on any atom is -0.353 e. The number of pyridine rings is 1. The van der Waals surface area contributed by atoms with E-state index in [2.05, 4.69) is 31.1 Å². The van der Waals surface area contributed by atoms with Crippen LogP contribution in [0.4, 0.5) is 5.82 Å². The van der Waals surface area contributed by atoms with Crippen molar-refractivity contribution in [2.24, 2.45) is 5.92 Å². The van der Waals surface area contributed by atoms with E-state index in [1.165, 1.54) is 0 Å². The molecule has 1 aromatic rings. The second kappa shape index (κ2) is 6.75. The highest BCUT2D eigenvalue weighted by molar-refractivity contribution is 9.10. The fourth-order valence-corrected chi connectivity index (χ4v) is 3.27. The van der Waals surface area contributed by atoms with Crippen molar-refractivity contribution in [1.82, 2.24) is 15.2 Å². The van der Waals surface area contributed by atoms with Gasteiger partial charge in [0.1, 0.15) is 5.82 Å². The summed E-state index contributed by atoms with van der Waals surface area (Å²) < 4.78 is 0.991. The van der Waals surface area contributed by atoms with Gasteiger partial charge in [-0.3, -0.25) is 4.79 Å². The lowest BCUT2D eigenvalue weighted by Gasteiger charge is -2.37. The molecule has 0 aromatic carbocycles. The van der Waals surface area contributed by atoms with Crippen LogP contribution in [0.5, 0.6) is 0 Å². The summed E-state index contributed by atoms with van der Waals surface area (Å²) in [5, 5.41) is 3.32. The van der Waals surface area contributed by atoms with Crippen molar-refractivity contribution in [1.29, 1.82) is 0 Å². The van der Waals surface area contributed by atoms with Crippen LogP contribution in [-0.4, -0.2) is 55.1 Å². The van der Waals surface area contributed by atoms with Crippen LogP contribution in [0.15, 0.2) is 22.8 Å². The van der Waals surface area contributed by atoms with Gasteiger partial charge in [-0.15, -0.1) is 0 Å². The third-order valence-electron chi connectivity index (χ3n) is 4.27. The number of rotatable bonds is 2. The highest BCUT2D eigenvalue weighted by Crippen LogP contribution is 2.19. The molecule has 0 saturated carbocycles. The van der Waals surface area contributed by atoms with Crippen molar-refractivity contribution in [3.8, 4) is 0 Å². The molecule has 0 bridgehead atoms. The molecule has 1 N–H and O–H groups in total. The van der Waals surface area contributed by atoms with E-state index in [0.29, 0.717) is 5.91 Å². The first-order valence-electron chi connectivity index (χ1n) is 7.60. The number of hydrogen-bond donors (Lipinski definition) is 1. The van der Waals surface area contributed by atoms with Crippen LogP contribution in [0.3, 0.4) is 0 Å². The van der Waals surface area contributed by atoms with E-state index >= 15 is 0 Å². The van der Waals surface area contributed by atoms with Crippen molar-refractivity contribution < 1.29 is 4.79 Å². The molecular weight excluding hydrogens is 332 g/mol. The number of anilines is 1. The van der Waals surface area contributed by atoms with Crippen LogP contribution in [0.25, 0.3) is 0 Å². The summed E-state index contributed by atoms with van der Waals surface area (Å²) in [6, 6.07) is 4.03. The summed E-state index contributed by atoms with van der Waals surface area (Å²) in [7, 11) is 0. The van der Waals surface area contributed by atoms with Gasteiger partial charge in [0.2, 0.25) is 5.91 Å². The molecular formula is C15H21BrN4O. The van der Waals surface area contributed by atoms with Gasteiger partial charge in [0, 0.05) is 43.4 Å². The maximum absolute atomic E-state index is 12.5. The first kappa shape index (κ1) is 14.8. The van der Waals surface area contributed by atoms with Gasteiger partial charge >= 0.3 is 0 Å². The SMILES string of the molecule is O=C(C1CCCNC1)N1CCN(c2ccc(Br)cn2)CC1. The first-order chi connectivity index (χ1) is 10.2. The van der Waals surface area contributed by atoms with E-state index in [1.54, 1.807) is 0 Å². The number of halogens is 1. The minimum absolute atomic E-state index is 0.177. The van der Waals surface area contributed by atoms with E-state index in [9.17, 15) is 4.79 Å². The van der Waals surface area contributed by atoms with Gasteiger partial charge in [0.15, 0.2) is 0 Å². The smallest absolute Gasteiger partial charge is 0.227 e. The molecule has 2 saturated heterocycles. The van der Waals surface area contributed by atoms with Crippen LogP contribution in [0.2, 0.25) is 0 Å². The van der Waals surface area contributed by atoms with Crippen molar-refractivity contribution in [2.45, 2.75) is 12.8 Å². The number of nitrogens with one attached hydrogen (secondary N) is 1. The Morgan fingerprint density at radius 2 is 2.10 bits per heavy atom. The predicted octanol–water partition coefficient (Wildman–Crippen LogP) is 1.49. The summed E-state index contributed by atoms with van der Waals surface area (Å²) in [4.78, 5) is 21.2. The molecule has 3 rings (SSSR count). The molecule has 1 amide bonds. The number of carbonyl (C=O) groups excluding carboxylic acids is 1. The third-order valence-corrected chi connectivity index (χ3v) is 4.74. The number of carbonyl (C=O) groups is 1. The van der Waals surface area contributed by atoms with Crippen molar-refractivity contribution >= 4 is 27.7 Å². The molecule has 1 atom stereocenters. The Bertz CT molecular complexity index is 479. The maximum atomic E-state index is 12.5. The number of hydrogen-bond acceptors (Lipinski definition) is 4. The molecule has 21 heavy (non-hydrogen) atoms. The van der Waals surface area contributed by atoms with E-state index in [-0.39, 0.29) is 5.92 Å². The Balaban J connectivity index is 1.54. The quantitative estimate of drug-likeness (QED) is 0.875. The lowest BCUT2D eigenvalue weighted by Crippen LogP contribution is -2.52. The van der Waals surface area contributed by atoms with Gasteiger partial charge < -0.3 is 15.1 Å². The second-order valence-corrected chi connectivity index (χ2v) is 6.61. The predicted molar refractivity (Wildman–Crippen MR) is 86.3 cm³/mol. The van der Waals surface area contributed by atoms with Gasteiger partial charge in [-0.25, -0.2) is 4.98 Å². The fraction of sp³-hybridized carbons (Fsp3) is 0.600. The normalized spacial score (nSPS) is 23.2. The summed E-state index contributed by atoms with van der Waals surface area (Å²) in [5.74, 6) is 1.49. The van der Waals surface area contributed by atoms with E-state index in [0.717, 1.165) is 62.4 Å². The molecule has 1 aromatic heterocycles. The number of nitrogens with zero attached hydrogens (tertiary/aromatic N) is 3. The number of piperidine rings is 1. The molecule has 114 valence electrons. The molecule has 0 aliphatic carbocycles. The van der Waals surface area contributed by atoms with E-state index < -0.39 is 0 Å². The largest absolute Gasteiger partial charge is 0.353 e. The van der Waals surface area contributed by atoms with Crippen LogP contribution in [-0.2, 0) is 4.79 Å². The van der Waals surface area contributed by atoms with Gasteiger partial charge in [0.25, 0.3) is 0 Å². The zero-order valence-electron chi connectivity index (χ0n) is 12.1. The molecule has 1 unspecified atom stereocenters. The molecule has 2 fully saturated rings. The van der Waals surface area contributed by atoms with Crippen LogP contribution in [0.1, 0.15) is 12.8 Å². The highest BCUT2D eigenvalue weighted by Gasteiger charge is 2.28. The molecule has 0 spiro atoms. The van der Waals surface area contributed by atoms with Gasteiger partial charge in [-0.05, 0) is 47.4 Å². The zero-order valence-corrected chi connectivity index (χ0v) is 13.7. The molecule has 2 aliphatic rings. The van der Waals surface area contributed by atoms with Gasteiger partial charge in [-0.1, -0.05) is 0 Å². The number of amides is 1. The van der Waals surface area contributed by atoms with E-state index in [4.69, 9.17) is 0 Å². The standard InChI is InChI=1S/C15H21BrN4O/c16-13-3-4-14(18-11-13)19-6-8-20(9-7-19)15(21)12-2-1-5-17-10-12/h3-4,11-12,17H,1-2,5-10H2.